The maximum Gasteiger partial charge on any atom is 0.258 e. The molecule has 6 nitrogen and oxygen atoms in total. The molecule has 0 bridgehead atoms. The number of fused-ring (bicyclic) bond motifs is 2. The van der Waals surface area contributed by atoms with Crippen LogP contribution in [0.15, 0.2) is 60.7 Å². The van der Waals surface area contributed by atoms with Crippen LogP contribution in [-0.2, 0) is 4.74 Å². The van der Waals surface area contributed by atoms with Crippen LogP contribution < -0.4 is 15.5 Å². The molecule has 4 aromatic rings. The zero-order valence-electron chi connectivity index (χ0n) is 16.6. The van der Waals surface area contributed by atoms with Crippen LogP contribution in [0, 0.1) is 0 Å². The van der Waals surface area contributed by atoms with Crippen LogP contribution in [0.4, 0.5) is 10.8 Å². The lowest BCUT2D eigenvalue weighted by Crippen LogP contribution is -2.36. The summed E-state index contributed by atoms with van der Waals surface area (Å²) in [6, 6.07) is 19.7. The third kappa shape index (κ3) is 4.23. The molecule has 0 saturated carbocycles. The van der Waals surface area contributed by atoms with E-state index in [1.54, 1.807) is 6.07 Å². The number of morpholine rings is 1. The van der Waals surface area contributed by atoms with Gasteiger partial charge in [-0.1, -0.05) is 47.7 Å². The van der Waals surface area contributed by atoms with E-state index in [4.69, 9.17) is 17.0 Å². The lowest BCUT2D eigenvalue weighted by atomic mass is 10.0. The van der Waals surface area contributed by atoms with Crippen LogP contribution in [0.3, 0.4) is 0 Å². The Hall–Kier alpha value is -3.07. The van der Waals surface area contributed by atoms with Gasteiger partial charge in [0.25, 0.3) is 5.91 Å². The van der Waals surface area contributed by atoms with Crippen molar-refractivity contribution in [3.8, 4) is 0 Å². The van der Waals surface area contributed by atoms with Crippen molar-refractivity contribution in [3.63, 3.8) is 0 Å². The van der Waals surface area contributed by atoms with E-state index in [-0.39, 0.29) is 11.0 Å². The SMILES string of the molecule is O=C(NC(=S)Nc1nc2ccc(N3CCOCC3)cc2s1)c1cccc2ccccc12. The molecule has 1 fully saturated rings. The quantitative estimate of drug-likeness (QED) is 0.453. The highest BCUT2D eigenvalue weighted by molar-refractivity contribution is 7.80. The number of anilines is 2. The molecule has 2 heterocycles. The highest BCUT2D eigenvalue weighted by Gasteiger charge is 2.15. The van der Waals surface area contributed by atoms with Gasteiger partial charge >= 0.3 is 0 Å². The maximum atomic E-state index is 12.8. The second kappa shape index (κ2) is 8.58. The number of carbonyl (C=O) groups is 1. The summed E-state index contributed by atoms with van der Waals surface area (Å²) in [5.41, 5.74) is 2.65. The first-order chi connectivity index (χ1) is 15.2. The van der Waals surface area contributed by atoms with E-state index in [2.05, 4.69) is 32.7 Å². The summed E-state index contributed by atoms with van der Waals surface area (Å²) in [7, 11) is 0. The Morgan fingerprint density at radius 2 is 1.87 bits per heavy atom. The van der Waals surface area contributed by atoms with Crippen LogP contribution in [0.25, 0.3) is 21.0 Å². The fraction of sp³-hybridized carbons (Fsp3) is 0.174. The van der Waals surface area contributed by atoms with Crippen molar-refractivity contribution in [2.45, 2.75) is 0 Å². The second-order valence-electron chi connectivity index (χ2n) is 7.21. The molecule has 0 unspecified atom stereocenters. The van der Waals surface area contributed by atoms with Crippen molar-refractivity contribution in [2.24, 2.45) is 0 Å². The molecule has 1 aliphatic rings. The van der Waals surface area contributed by atoms with E-state index in [9.17, 15) is 4.79 Å². The zero-order valence-corrected chi connectivity index (χ0v) is 18.3. The number of amides is 1. The van der Waals surface area contributed by atoms with Crippen LogP contribution in [0.1, 0.15) is 10.4 Å². The van der Waals surface area contributed by atoms with Crippen LogP contribution in [-0.4, -0.2) is 42.3 Å². The van der Waals surface area contributed by atoms with E-state index in [1.165, 1.54) is 11.3 Å². The molecular weight excluding hydrogens is 428 g/mol. The molecule has 31 heavy (non-hydrogen) atoms. The van der Waals surface area contributed by atoms with Gasteiger partial charge in [-0.25, -0.2) is 4.98 Å². The number of carbonyl (C=O) groups excluding carboxylic acids is 1. The van der Waals surface area contributed by atoms with E-state index in [0.29, 0.717) is 10.7 Å². The molecule has 0 aliphatic carbocycles. The standard InChI is InChI=1S/C23H20N4O2S2/c28-21(18-7-3-5-15-4-1-2-6-17(15)18)25-22(30)26-23-24-19-9-8-16(14-20(19)31-23)27-10-12-29-13-11-27/h1-9,14H,10-13H2,(H2,24,25,26,28,30). The third-order valence-electron chi connectivity index (χ3n) is 5.23. The highest BCUT2D eigenvalue weighted by atomic mass is 32.1. The smallest absolute Gasteiger partial charge is 0.258 e. The summed E-state index contributed by atoms with van der Waals surface area (Å²) < 4.78 is 6.50. The van der Waals surface area contributed by atoms with Crippen LogP contribution >= 0.6 is 23.6 Å². The van der Waals surface area contributed by atoms with Crippen molar-refractivity contribution in [1.82, 2.24) is 10.3 Å². The molecule has 1 amide bonds. The first-order valence-corrected chi connectivity index (χ1v) is 11.2. The highest BCUT2D eigenvalue weighted by Crippen LogP contribution is 2.30. The average molecular weight is 449 g/mol. The molecule has 5 rings (SSSR count). The first kappa shape index (κ1) is 19.9. The monoisotopic (exact) mass is 448 g/mol. The molecule has 1 aliphatic heterocycles. The summed E-state index contributed by atoms with van der Waals surface area (Å²) in [5.74, 6) is -0.245. The van der Waals surface area contributed by atoms with Gasteiger partial charge in [0.2, 0.25) is 0 Å². The number of nitrogens with zero attached hydrogens (tertiary/aromatic N) is 2. The lowest BCUT2D eigenvalue weighted by Gasteiger charge is -2.28. The molecule has 1 aromatic heterocycles. The normalized spacial score (nSPS) is 14.0. The number of ether oxygens (including phenoxy) is 1. The Kier molecular flexibility index (Phi) is 5.50. The predicted molar refractivity (Wildman–Crippen MR) is 130 cm³/mol. The second-order valence-corrected chi connectivity index (χ2v) is 8.64. The molecule has 2 N–H and O–H groups in total. The van der Waals surface area contributed by atoms with Gasteiger partial charge < -0.3 is 15.0 Å². The van der Waals surface area contributed by atoms with Gasteiger partial charge in [0.15, 0.2) is 10.2 Å². The molecule has 3 aromatic carbocycles. The number of hydrogen-bond donors (Lipinski definition) is 2. The van der Waals surface area contributed by atoms with E-state index >= 15 is 0 Å². The summed E-state index contributed by atoms with van der Waals surface area (Å²) >= 11 is 6.88. The Labute approximate surface area is 188 Å². The molecule has 1 saturated heterocycles. The summed E-state index contributed by atoms with van der Waals surface area (Å²) in [5, 5.41) is 8.60. The minimum Gasteiger partial charge on any atom is -0.378 e. The van der Waals surface area contributed by atoms with Crippen molar-refractivity contribution < 1.29 is 9.53 Å². The molecule has 0 spiro atoms. The fourth-order valence-electron chi connectivity index (χ4n) is 3.71. The number of benzene rings is 3. The van der Waals surface area contributed by atoms with Gasteiger partial charge in [0, 0.05) is 24.3 Å². The number of aromatic nitrogens is 1. The van der Waals surface area contributed by atoms with Crippen molar-refractivity contribution >= 4 is 66.4 Å². The van der Waals surface area contributed by atoms with Gasteiger partial charge in [-0.05, 0) is 47.3 Å². The third-order valence-corrected chi connectivity index (χ3v) is 6.37. The predicted octanol–water partition coefficient (Wildman–Crippen LogP) is 4.41. The van der Waals surface area contributed by atoms with Gasteiger partial charge in [0.1, 0.15) is 0 Å². The number of rotatable bonds is 3. The summed E-state index contributed by atoms with van der Waals surface area (Å²) in [6.07, 6.45) is 0. The number of thiazole rings is 1. The average Bonchev–Trinajstić information content (AvgIpc) is 3.20. The van der Waals surface area contributed by atoms with Gasteiger partial charge in [-0.3, -0.25) is 10.1 Å². The van der Waals surface area contributed by atoms with E-state index < -0.39 is 0 Å². The number of hydrogen-bond acceptors (Lipinski definition) is 6. The molecule has 8 heteroatoms. The van der Waals surface area contributed by atoms with Crippen LogP contribution in [0.5, 0.6) is 0 Å². The maximum absolute atomic E-state index is 12.8. The van der Waals surface area contributed by atoms with Gasteiger partial charge in [-0.15, -0.1) is 0 Å². The molecule has 156 valence electrons. The van der Waals surface area contributed by atoms with Crippen molar-refractivity contribution in [3.05, 3.63) is 66.2 Å². The summed E-state index contributed by atoms with van der Waals surface area (Å²) in [4.78, 5) is 19.7. The van der Waals surface area contributed by atoms with Crippen LogP contribution in [0.2, 0.25) is 0 Å². The van der Waals surface area contributed by atoms with Gasteiger partial charge in [0.05, 0.1) is 23.4 Å². The minimum atomic E-state index is -0.245. The minimum absolute atomic E-state index is 0.227. The zero-order chi connectivity index (χ0) is 21.2. The Bertz CT molecular complexity index is 1280. The Balaban J connectivity index is 1.30. The number of thiocarbonyl (C=S) groups is 1. The first-order valence-electron chi connectivity index (χ1n) is 10.0. The Morgan fingerprint density at radius 3 is 2.74 bits per heavy atom. The van der Waals surface area contributed by atoms with E-state index in [0.717, 1.165) is 53.0 Å². The van der Waals surface area contributed by atoms with Gasteiger partial charge in [-0.2, -0.15) is 0 Å². The lowest BCUT2D eigenvalue weighted by molar-refractivity contribution is 0.0979. The summed E-state index contributed by atoms with van der Waals surface area (Å²) in [6.45, 7) is 3.27. The fourth-order valence-corrected chi connectivity index (χ4v) is 4.86. The van der Waals surface area contributed by atoms with Crippen molar-refractivity contribution in [2.75, 3.05) is 36.5 Å². The van der Waals surface area contributed by atoms with E-state index in [1.807, 2.05) is 42.5 Å². The van der Waals surface area contributed by atoms with Crippen molar-refractivity contribution in [1.29, 1.82) is 0 Å². The topological polar surface area (TPSA) is 66.5 Å². The molecule has 0 atom stereocenters. The largest absolute Gasteiger partial charge is 0.378 e. The molecular formula is C23H20N4O2S2. The number of nitrogens with one attached hydrogen (secondary N) is 2. The molecule has 0 radical (unpaired) electrons. The Morgan fingerprint density at radius 1 is 1.06 bits per heavy atom.